The minimum Gasteiger partial charge on any atom is -0.394 e. The molecular weight excluding hydrogens is 282 g/mol. The van der Waals surface area contributed by atoms with Crippen molar-refractivity contribution >= 4 is 21.7 Å². The highest BCUT2D eigenvalue weighted by atomic mass is 32.2. The number of nitrogens with one attached hydrogen (secondary N) is 1. The van der Waals surface area contributed by atoms with Crippen LogP contribution in [0.4, 0.5) is 20.5 Å². The topological polar surface area (TPSA) is 111 Å². The maximum Gasteiger partial charge on any atom is 0.335 e. The van der Waals surface area contributed by atoms with Crippen LogP contribution in [0.1, 0.15) is 5.82 Å². The Kier molecular flexibility index (Phi) is 3.10. The molecule has 0 saturated carbocycles. The van der Waals surface area contributed by atoms with E-state index in [1.165, 1.54) is 6.92 Å². The van der Waals surface area contributed by atoms with Gasteiger partial charge < -0.3 is 10.3 Å². The van der Waals surface area contributed by atoms with Gasteiger partial charge in [0, 0.05) is 0 Å². The summed E-state index contributed by atoms with van der Waals surface area (Å²) >= 11 is 0. The third kappa shape index (κ3) is 2.47. The van der Waals surface area contributed by atoms with Crippen LogP contribution in [0.25, 0.3) is 0 Å². The van der Waals surface area contributed by atoms with Gasteiger partial charge >= 0.3 is 6.01 Å². The largest absolute Gasteiger partial charge is 0.394 e. The Morgan fingerprint density at radius 1 is 1.37 bits per heavy atom. The van der Waals surface area contributed by atoms with E-state index in [4.69, 9.17) is 5.73 Å². The third-order valence-electron chi connectivity index (χ3n) is 2.13. The molecule has 102 valence electrons. The zero-order chi connectivity index (χ0) is 14.2. The van der Waals surface area contributed by atoms with Gasteiger partial charge in [0.25, 0.3) is 10.0 Å². The molecule has 2 aromatic rings. The predicted molar refractivity (Wildman–Crippen MR) is 60.6 cm³/mol. The fourth-order valence-corrected chi connectivity index (χ4v) is 2.28. The van der Waals surface area contributed by atoms with Crippen LogP contribution >= 0.6 is 0 Å². The molecular formula is C9H8F2N4O3S. The van der Waals surface area contributed by atoms with Crippen molar-refractivity contribution in [3.8, 4) is 0 Å². The highest BCUT2D eigenvalue weighted by Gasteiger charge is 2.24. The third-order valence-corrected chi connectivity index (χ3v) is 3.47. The van der Waals surface area contributed by atoms with Crippen LogP contribution in [-0.2, 0) is 10.0 Å². The predicted octanol–water partition coefficient (Wildman–Crippen LogP) is 1.04. The first-order valence-corrected chi connectivity index (χ1v) is 6.36. The van der Waals surface area contributed by atoms with E-state index < -0.39 is 38.3 Å². The maximum absolute atomic E-state index is 13.6. The van der Waals surface area contributed by atoms with Gasteiger partial charge in [-0.15, -0.1) is 0 Å². The average molecular weight is 290 g/mol. The molecule has 0 amide bonds. The lowest BCUT2D eigenvalue weighted by molar-refractivity contribution is 0.429. The summed E-state index contributed by atoms with van der Waals surface area (Å²) in [5.74, 6) is -2.24. The molecule has 0 aliphatic heterocycles. The van der Waals surface area contributed by atoms with Crippen molar-refractivity contribution in [1.82, 2.24) is 10.1 Å². The number of halogens is 2. The van der Waals surface area contributed by atoms with Gasteiger partial charge in [0.15, 0.2) is 11.6 Å². The van der Waals surface area contributed by atoms with E-state index in [-0.39, 0.29) is 5.82 Å². The lowest BCUT2D eigenvalue weighted by Crippen LogP contribution is -2.16. The molecule has 0 unspecified atom stereocenters. The average Bonchev–Trinajstić information content (AvgIpc) is 2.70. The van der Waals surface area contributed by atoms with Gasteiger partial charge in [0.1, 0.15) is 16.4 Å². The van der Waals surface area contributed by atoms with Gasteiger partial charge in [-0.3, -0.25) is 0 Å². The number of nitrogens with two attached hydrogens (primary N) is 1. The molecule has 7 nitrogen and oxygen atoms in total. The van der Waals surface area contributed by atoms with Crippen molar-refractivity contribution in [1.29, 1.82) is 0 Å². The highest BCUT2D eigenvalue weighted by Crippen LogP contribution is 2.24. The minimum absolute atomic E-state index is 0.191. The molecule has 3 N–H and O–H groups in total. The number of nitrogen functional groups attached to an aromatic ring is 1. The molecule has 0 bridgehead atoms. The number of rotatable bonds is 3. The first-order valence-electron chi connectivity index (χ1n) is 4.88. The molecule has 0 aliphatic carbocycles. The van der Waals surface area contributed by atoms with Crippen molar-refractivity contribution < 1.29 is 21.7 Å². The van der Waals surface area contributed by atoms with Crippen LogP contribution in [0.2, 0.25) is 0 Å². The molecule has 0 saturated heterocycles. The van der Waals surface area contributed by atoms with Crippen LogP contribution in [0.15, 0.2) is 21.6 Å². The molecule has 0 radical (unpaired) electrons. The number of nitrogens with zero attached hydrogens (tertiary/aromatic N) is 2. The zero-order valence-electron chi connectivity index (χ0n) is 9.52. The van der Waals surface area contributed by atoms with Crippen molar-refractivity contribution in [2.24, 2.45) is 0 Å². The number of aryl methyl sites for hydroxylation is 1. The van der Waals surface area contributed by atoms with Gasteiger partial charge in [0.05, 0.1) is 0 Å². The summed E-state index contributed by atoms with van der Waals surface area (Å²) < 4.78 is 56.6. The van der Waals surface area contributed by atoms with Gasteiger partial charge in [-0.1, -0.05) is 5.16 Å². The van der Waals surface area contributed by atoms with Gasteiger partial charge in [-0.05, 0) is 19.1 Å². The molecule has 0 atom stereocenters. The first kappa shape index (κ1) is 13.2. The number of hydrogen-bond acceptors (Lipinski definition) is 6. The van der Waals surface area contributed by atoms with E-state index in [9.17, 15) is 17.2 Å². The van der Waals surface area contributed by atoms with Crippen LogP contribution < -0.4 is 10.5 Å². The summed E-state index contributed by atoms with van der Waals surface area (Å²) in [5, 5.41) is 3.36. The summed E-state index contributed by atoms with van der Waals surface area (Å²) in [5.41, 5.74) is 4.20. The molecule has 1 heterocycles. The van der Waals surface area contributed by atoms with Gasteiger partial charge in [-0.25, -0.2) is 21.9 Å². The second-order valence-electron chi connectivity index (χ2n) is 3.53. The second-order valence-corrected chi connectivity index (χ2v) is 5.18. The Morgan fingerprint density at radius 2 is 2.05 bits per heavy atom. The molecule has 0 spiro atoms. The van der Waals surface area contributed by atoms with E-state index in [0.29, 0.717) is 0 Å². The summed E-state index contributed by atoms with van der Waals surface area (Å²) in [6.07, 6.45) is 0. The fourth-order valence-electron chi connectivity index (χ4n) is 1.27. The van der Waals surface area contributed by atoms with Crippen molar-refractivity contribution in [2.45, 2.75) is 11.8 Å². The molecule has 0 aliphatic rings. The fraction of sp³-hybridized carbons (Fsp3) is 0.111. The number of aromatic nitrogens is 2. The molecule has 1 aromatic heterocycles. The Labute approximate surface area is 106 Å². The molecule has 19 heavy (non-hydrogen) atoms. The molecule has 10 heteroatoms. The smallest absolute Gasteiger partial charge is 0.335 e. The standard InChI is InChI=1S/C9H8F2N4O3S/c1-4-13-9(18-14-4)15-19(16,17)6-3-2-5(10)8(12)7(6)11/h2-3H,12H2,1H3,(H,13,14,15). The summed E-state index contributed by atoms with van der Waals surface area (Å²) in [4.78, 5) is 2.78. The quantitative estimate of drug-likeness (QED) is 0.817. The Hall–Kier alpha value is -2.23. The van der Waals surface area contributed by atoms with E-state index in [1.807, 2.05) is 4.72 Å². The Balaban J connectivity index is 2.43. The summed E-state index contributed by atoms with van der Waals surface area (Å²) in [6, 6.07) is 1.05. The molecule has 0 fully saturated rings. The van der Waals surface area contributed by atoms with E-state index in [1.54, 1.807) is 0 Å². The van der Waals surface area contributed by atoms with Gasteiger partial charge in [-0.2, -0.15) is 4.98 Å². The monoisotopic (exact) mass is 290 g/mol. The molecule has 1 aromatic carbocycles. The Bertz CT molecular complexity index is 729. The normalized spacial score (nSPS) is 11.5. The van der Waals surface area contributed by atoms with Crippen molar-refractivity contribution in [2.75, 3.05) is 10.5 Å². The van der Waals surface area contributed by atoms with Gasteiger partial charge in [0.2, 0.25) is 0 Å². The van der Waals surface area contributed by atoms with Crippen molar-refractivity contribution in [3.63, 3.8) is 0 Å². The Morgan fingerprint density at radius 3 is 2.63 bits per heavy atom. The minimum atomic E-state index is -4.34. The number of anilines is 2. The summed E-state index contributed by atoms with van der Waals surface area (Å²) in [6.45, 7) is 1.47. The lowest BCUT2D eigenvalue weighted by atomic mass is 10.3. The van der Waals surface area contributed by atoms with E-state index in [0.717, 1.165) is 12.1 Å². The zero-order valence-corrected chi connectivity index (χ0v) is 10.3. The number of sulfonamides is 1. The van der Waals surface area contributed by atoms with E-state index in [2.05, 4.69) is 14.7 Å². The first-order chi connectivity index (χ1) is 8.81. The van der Waals surface area contributed by atoms with E-state index >= 15 is 0 Å². The second kappa shape index (κ2) is 4.46. The lowest BCUT2D eigenvalue weighted by Gasteiger charge is -2.07. The number of benzene rings is 1. The van der Waals surface area contributed by atoms with Crippen LogP contribution in [0.3, 0.4) is 0 Å². The van der Waals surface area contributed by atoms with Crippen molar-refractivity contribution in [3.05, 3.63) is 29.6 Å². The SMILES string of the molecule is Cc1noc(NS(=O)(=O)c2ccc(F)c(N)c2F)n1. The number of hydrogen-bond donors (Lipinski definition) is 2. The van der Waals surface area contributed by atoms with Crippen LogP contribution in [-0.4, -0.2) is 18.6 Å². The maximum atomic E-state index is 13.6. The highest BCUT2D eigenvalue weighted by molar-refractivity contribution is 7.92. The van der Waals surface area contributed by atoms with Crippen LogP contribution in [0.5, 0.6) is 0 Å². The molecule has 2 rings (SSSR count). The summed E-state index contributed by atoms with van der Waals surface area (Å²) in [7, 11) is -4.34. The van der Waals surface area contributed by atoms with Crippen LogP contribution in [0, 0.1) is 18.6 Å².